The average Bonchev–Trinajstić information content (AvgIpc) is 2.55. The Morgan fingerprint density at radius 3 is 2.17 bits per heavy atom. The molecule has 0 unspecified atom stereocenters. The van der Waals surface area contributed by atoms with Crippen molar-refractivity contribution in [1.82, 2.24) is 9.62 Å². The fraction of sp³-hybridized carbons (Fsp3) is 0.294. The first-order valence-corrected chi connectivity index (χ1v) is 8.83. The highest BCUT2D eigenvalue weighted by molar-refractivity contribution is 7.89. The van der Waals surface area contributed by atoms with Gasteiger partial charge in [0.1, 0.15) is 0 Å². The molecular formula is C17H21FN2O3S. The maximum atomic E-state index is 13.6. The molecule has 0 amide bonds. The Labute approximate surface area is 142 Å². The van der Waals surface area contributed by atoms with Gasteiger partial charge in [0.2, 0.25) is 10.0 Å². The molecule has 0 spiro atoms. The van der Waals surface area contributed by atoms with E-state index in [4.69, 9.17) is 4.74 Å². The van der Waals surface area contributed by atoms with E-state index in [0.29, 0.717) is 13.1 Å². The maximum absolute atomic E-state index is 13.6. The molecule has 0 bridgehead atoms. The molecule has 130 valence electrons. The molecule has 0 saturated carbocycles. The van der Waals surface area contributed by atoms with Crippen molar-refractivity contribution in [1.29, 1.82) is 0 Å². The zero-order valence-electron chi connectivity index (χ0n) is 13.9. The molecule has 0 aromatic heterocycles. The Morgan fingerprint density at radius 2 is 1.62 bits per heavy atom. The number of nitrogens with one attached hydrogen (secondary N) is 1. The van der Waals surface area contributed by atoms with E-state index < -0.39 is 15.8 Å². The van der Waals surface area contributed by atoms with Gasteiger partial charge in [0.05, 0.1) is 12.0 Å². The number of halogens is 1. The summed E-state index contributed by atoms with van der Waals surface area (Å²) < 4.78 is 43.7. The summed E-state index contributed by atoms with van der Waals surface area (Å²) >= 11 is 0. The van der Waals surface area contributed by atoms with E-state index in [9.17, 15) is 12.8 Å². The van der Waals surface area contributed by atoms with Crippen LogP contribution in [0.1, 0.15) is 11.1 Å². The largest absolute Gasteiger partial charge is 0.494 e. The number of nitrogens with zero attached hydrogens (tertiary/aromatic N) is 1. The second kappa shape index (κ2) is 7.74. The number of benzene rings is 2. The molecule has 24 heavy (non-hydrogen) atoms. The lowest BCUT2D eigenvalue weighted by Gasteiger charge is -2.12. The highest BCUT2D eigenvalue weighted by Crippen LogP contribution is 2.18. The number of methoxy groups -OCH3 is 1. The highest BCUT2D eigenvalue weighted by atomic mass is 32.2. The average molecular weight is 352 g/mol. The first-order chi connectivity index (χ1) is 11.3. The predicted octanol–water partition coefficient (Wildman–Crippen LogP) is 2.37. The molecule has 2 aromatic carbocycles. The topological polar surface area (TPSA) is 58.6 Å². The third-order valence-corrected chi connectivity index (χ3v) is 5.41. The third kappa shape index (κ3) is 4.31. The van der Waals surface area contributed by atoms with Gasteiger partial charge in [0.15, 0.2) is 11.6 Å². The fourth-order valence-corrected chi connectivity index (χ4v) is 3.06. The molecule has 0 aliphatic carbocycles. The lowest BCUT2D eigenvalue weighted by Crippen LogP contribution is -2.22. The van der Waals surface area contributed by atoms with Gasteiger partial charge >= 0.3 is 0 Å². The Bertz CT molecular complexity index is 790. The van der Waals surface area contributed by atoms with Gasteiger partial charge in [-0.1, -0.05) is 18.2 Å². The van der Waals surface area contributed by atoms with Gasteiger partial charge in [0.25, 0.3) is 0 Å². The zero-order valence-corrected chi connectivity index (χ0v) is 14.7. The van der Waals surface area contributed by atoms with Crippen LogP contribution in [0.4, 0.5) is 4.39 Å². The second-order valence-corrected chi connectivity index (χ2v) is 7.66. The zero-order chi connectivity index (χ0) is 17.7. The van der Waals surface area contributed by atoms with Crippen LogP contribution in [0.2, 0.25) is 0 Å². The lowest BCUT2D eigenvalue weighted by molar-refractivity contribution is 0.386. The maximum Gasteiger partial charge on any atom is 0.242 e. The molecular weight excluding hydrogens is 331 g/mol. The SMILES string of the molecule is COc1ccc(CNCc2ccc(S(=O)(=O)N(C)C)cc2)cc1F. The number of ether oxygens (including phenoxy) is 1. The number of sulfonamides is 1. The molecule has 0 heterocycles. The Morgan fingerprint density at radius 1 is 1.04 bits per heavy atom. The van der Waals surface area contributed by atoms with Crippen LogP contribution in [0, 0.1) is 5.82 Å². The normalized spacial score (nSPS) is 11.7. The summed E-state index contributed by atoms with van der Waals surface area (Å²) in [6, 6.07) is 11.5. The van der Waals surface area contributed by atoms with E-state index in [1.54, 1.807) is 36.4 Å². The monoisotopic (exact) mass is 352 g/mol. The van der Waals surface area contributed by atoms with E-state index in [2.05, 4.69) is 5.32 Å². The van der Waals surface area contributed by atoms with Crippen LogP contribution in [-0.4, -0.2) is 33.9 Å². The second-order valence-electron chi connectivity index (χ2n) is 5.50. The molecule has 2 rings (SSSR count). The molecule has 0 atom stereocenters. The quantitative estimate of drug-likeness (QED) is 0.831. The predicted molar refractivity (Wildman–Crippen MR) is 90.8 cm³/mol. The molecule has 0 radical (unpaired) electrons. The van der Waals surface area contributed by atoms with Gasteiger partial charge in [-0.25, -0.2) is 17.1 Å². The third-order valence-electron chi connectivity index (χ3n) is 3.58. The van der Waals surface area contributed by atoms with E-state index >= 15 is 0 Å². The van der Waals surface area contributed by atoms with Gasteiger partial charge in [-0.2, -0.15) is 0 Å². The van der Waals surface area contributed by atoms with Crippen molar-refractivity contribution in [3.8, 4) is 5.75 Å². The van der Waals surface area contributed by atoms with Crippen LogP contribution in [0.15, 0.2) is 47.4 Å². The van der Waals surface area contributed by atoms with Crippen LogP contribution >= 0.6 is 0 Å². The van der Waals surface area contributed by atoms with Gasteiger partial charge < -0.3 is 10.1 Å². The Hall–Kier alpha value is -1.96. The molecule has 0 fully saturated rings. The number of rotatable bonds is 7. The number of hydrogen-bond acceptors (Lipinski definition) is 4. The molecule has 2 aromatic rings. The molecule has 0 saturated heterocycles. The fourth-order valence-electron chi connectivity index (χ4n) is 2.16. The molecule has 0 aliphatic rings. The highest BCUT2D eigenvalue weighted by Gasteiger charge is 2.16. The number of hydrogen-bond donors (Lipinski definition) is 1. The van der Waals surface area contributed by atoms with Gasteiger partial charge in [-0.05, 0) is 35.4 Å². The summed E-state index contributed by atoms with van der Waals surface area (Å²) in [5.41, 5.74) is 1.75. The van der Waals surface area contributed by atoms with E-state index in [0.717, 1.165) is 11.1 Å². The van der Waals surface area contributed by atoms with Crippen molar-refractivity contribution in [2.75, 3.05) is 21.2 Å². The van der Waals surface area contributed by atoms with Crippen LogP contribution in [0.3, 0.4) is 0 Å². The van der Waals surface area contributed by atoms with Crippen molar-refractivity contribution in [3.05, 3.63) is 59.4 Å². The lowest BCUT2D eigenvalue weighted by atomic mass is 10.2. The van der Waals surface area contributed by atoms with Gasteiger partial charge in [-0.15, -0.1) is 0 Å². The standard InChI is InChI=1S/C17H21FN2O3S/c1-20(2)24(21,22)15-7-4-13(5-8-15)11-19-12-14-6-9-17(23-3)16(18)10-14/h4-10,19H,11-12H2,1-3H3. The van der Waals surface area contributed by atoms with Gasteiger partial charge in [0, 0.05) is 27.2 Å². The molecule has 5 nitrogen and oxygen atoms in total. The van der Waals surface area contributed by atoms with Crippen LogP contribution in [0.5, 0.6) is 5.75 Å². The Kier molecular flexibility index (Phi) is 5.93. The first-order valence-electron chi connectivity index (χ1n) is 7.39. The molecule has 0 aliphatic heterocycles. The van der Waals surface area contributed by atoms with Gasteiger partial charge in [-0.3, -0.25) is 0 Å². The van der Waals surface area contributed by atoms with E-state index in [1.807, 2.05) is 0 Å². The van der Waals surface area contributed by atoms with E-state index in [1.165, 1.54) is 31.6 Å². The van der Waals surface area contributed by atoms with Crippen LogP contribution in [-0.2, 0) is 23.1 Å². The van der Waals surface area contributed by atoms with Crippen LogP contribution in [0.25, 0.3) is 0 Å². The smallest absolute Gasteiger partial charge is 0.242 e. The minimum atomic E-state index is -3.41. The summed E-state index contributed by atoms with van der Waals surface area (Å²) in [5, 5.41) is 3.20. The summed E-state index contributed by atoms with van der Waals surface area (Å²) in [6.07, 6.45) is 0. The van der Waals surface area contributed by atoms with Crippen molar-refractivity contribution >= 4 is 10.0 Å². The van der Waals surface area contributed by atoms with Crippen LogP contribution < -0.4 is 10.1 Å². The summed E-state index contributed by atoms with van der Waals surface area (Å²) in [5.74, 6) is -0.175. The minimum absolute atomic E-state index is 0.219. The van der Waals surface area contributed by atoms with Crippen molar-refractivity contribution in [2.45, 2.75) is 18.0 Å². The first kappa shape index (κ1) is 18.4. The summed E-state index contributed by atoms with van der Waals surface area (Å²) in [6.45, 7) is 1.05. The minimum Gasteiger partial charge on any atom is -0.494 e. The summed E-state index contributed by atoms with van der Waals surface area (Å²) in [7, 11) is 1.02. The van der Waals surface area contributed by atoms with Crippen molar-refractivity contribution in [3.63, 3.8) is 0 Å². The van der Waals surface area contributed by atoms with Crippen molar-refractivity contribution in [2.24, 2.45) is 0 Å². The summed E-state index contributed by atoms with van der Waals surface area (Å²) in [4.78, 5) is 0.258. The molecule has 7 heteroatoms. The van der Waals surface area contributed by atoms with E-state index in [-0.39, 0.29) is 10.6 Å². The molecule has 1 N–H and O–H groups in total. The van der Waals surface area contributed by atoms with Crippen molar-refractivity contribution < 1.29 is 17.5 Å². The Balaban J connectivity index is 1.95.